The van der Waals surface area contributed by atoms with Gasteiger partial charge in [0.2, 0.25) is 0 Å². The molecule has 22 heavy (non-hydrogen) atoms. The van der Waals surface area contributed by atoms with Crippen LogP contribution in [-0.4, -0.2) is 13.2 Å². The first-order valence-corrected chi connectivity index (χ1v) is 8.45. The topological polar surface area (TPSA) is 18.5 Å². The molecule has 2 aliphatic rings. The highest BCUT2D eigenvalue weighted by atomic mass is 19.1. The van der Waals surface area contributed by atoms with Crippen LogP contribution in [0.1, 0.15) is 44.1 Å². The maximum absolute atomic E-state index is 14.3. The zero-order valence-corrected chi connectivity index (χ0v) is 13.3. The monoisotopic (exact) mass is 304 g/mol. The van der Waals surface area contributed by atoms with E-state index in [-0.39, 0.29) is 5.82 Å². The number of rotatable bonds is 7. The van der Waals surface area contributed by atoms with E-state index in [9.17, 15) is 4.39 Å². The van der Waals surface area contributed by atoms with Crippen LogP contribution in [0, 0.1) is 24.6 Å². The molecule has 0 bridgehead atoms. The predicted octanol–water partition coefficient (Wildman–Crippen LogP) is 5.05. The van der Waals surface area contributed by atoms with Gasteiger partial charge in [-0.1, -0.05) is 25.0 Å². The molecule has 0 N–H and O–H groups in total. The number of halogens is 1. The minimum absolute atomic E-state index is 0.292. The second-order valence-electron chi connectivity index (χ2n) is 6.54. The van der Waals surface area contributed by atoms with Crippen LogP contribution in [0.5, 0.6) is 11.5 Å². The first-order valence-electron chi connectivity index (χ1n) is 8.45. The number of benzene rings is 1. The van der Waals surface area contributed by atoms with Gasteiger partial charge < -0.3 is 9.47 Å². The molecular formula is C19H25FO2. The maximum Gasteiger partial charge on any atom is 0.171 e. The van der Waals surface area contributed by atoms with E-state index in [2.05, 4.69) is 6.08 Å². The summed E-state index contributed by atoms with van der Waals surface area (Å²) in [6, 6.07) is 3.50. The van der Waals surface area contributed by atoms with Crippen molar-refractivity contribution in [3.8, 4) is 11.5 Å². The van der Waals surface area contributed by atoms with Crippen LogP contribution in [-0.2, 0) is 0 Å². The molecule has 120 valence electrons. The van der Waals surface area contributed by atoms with Crippen LogP contribution in [0.4, 0.5) is 4.39 Å². The summed E-state index contributed by atoms with van der Waals surface area (Å²) in [5.41, 5.74) is 0.531. The molecule has 0 saturated heterocycles. The van der Waals surface area contributed by atoms with Gasteiger partial charge in [0.1, 0.15) is 12.4 Å². The number of ether oxygens (including phenoxy) is 2. The molecule has 0 radical (unpaired) electrons. The highest BCUT2D eigenvalue weighted by Gasteiger charge is 2.19. The van der Waals surface area contributed by atoms with Gasteiger partial charge in [-0.05, 0) is 56.6 Å². The molecule has 0 heterocycles. The lowest BCUT2D eigenvalue weighted by Crippen LogP contribution is -2.19. The Morgan fingerprint density at radius 3 is 2.45 bits per heavy atom. The van der Waals surface area contributed by atoms with Crippen LogP contribution < -0.4 is 9.47 Å². The van der Waals surface area contributed by atoms with Crippen LogP contribution >= 0.6 is 0 Å². The largest absolute Gasteiger partial charge is 0.490 e. The average molecular weight is 304 g/mol. The molecule has 0 amide bonds. The molecule has 0 atom stereocenters. The van der Waals surface area contributed by atoms with E-state index >= 15 is 0 Å². The Morgan fingerprint density at radius 2 is 1.82 bits per heavy atom. The Morgan fingerprint density at radius 1 is 1.09 bits per heavy atom. The standard InChI is InChI=1S/C19H25FO2/c1-14-17(21-12-4-9-15-5-2-6-15)10-11-18(19(14)20)22-13-16-7-3-8-16/h4,9-11,15-16H,2-3,5-8,12-13H2,1H3/b9-4+. The lowest BCUT2D eigenvalue weighted by Gasteiger charge is -2.25. The summed E-state index contributed by atoms with van der Waals surface area (Å²) in [4.78, 5) is 0. The summed E-state index contributed by atoms with van der Waals surface area (Å²) in [6.07, 6.45) is 11.9. The van der Waals surface area contributed by atoms with Gasteiger partial charge in [-0.3, -0.25) is 0 Å². The highest BCUT2D eigenvalue weighted by Crippen LogP contribution is 2.31. The van der Waals surface area contributed by atoms with Crippen molar-refractivity contribution in [2.24, 2.45) is 11.8 Å². The smallest absolute Gasteiger partial charge is 0.171 e. The molecule has 2 aliphatic carbocycles. The molecule has 1 aromatic carbocycles. The molecule has 0 spiro atoms. The second-order valence-corrected chi connectivity index (χ2v) is 6.54. The third kappa shape index (κ3) is 3.63. The molecule has 3 rings (SSSR count). The average Bonchev–Trinajstić information content (AvgIpc) is 2.41. The number of hydrogen-bond donors (Lipinski definition) is 0. The van der Waals surface area contributed by atoms with Crippen LogP contribution in [0.25, 0.3) is 0 Å². The van der Waals surface area contributed by atoms with E-state index < -0.39 is 0 Å². The third-order valence-electron chi connectivity index (χ3n) is 4.89. The van der Waals surface area contributed by atoms with Crippen molar-refractivity contribution < 1.29 is 13.9 Å². The molecule has 3 heteroatoms. The second kappa shape index (κ2) is 7.17. The van der Waals surface area contributed by atoms with E-state index in [1.165, 1.54) is 38.5 Å². The van der Waals surface area contributed by atoms with Gasteiger partial charge >= 0.3 is 0 Å². The van der Waals surface area contributed by atoms with E-state index in [1.54, 1.807) is 13.0 Å². The Bertz CT molecular complexity index is 530. The molecular weight excluding hydrogens is 279 g/mol. The minimum Gasteiger partial charge on any atom is -0.490 e. The van der Waals surface area contributed by atoms with Gasteiger partial charge in [-0.15, -0.1) is 0 Å². The molecule has 0 unspecified atom stereocenters. The summed E-state index contributed by atoms with van der Waals surface area (Å²) in [7, 11) is 0. The lowest BCUT2D eigenvalue weighted by atomic mass is 9.85. The first-order chi connectivity index (χ1) is 10.7. The summed E-state index contributed by atoms with van der Waals surface area (Å²) in [6.45, 7) is 2.87. The van der Waals surface area contributed by atoms with E-state index in [4.69, 9.17) is 9.47 Å². The van der Waals surface area contributed by atoms with Gasteiger partial charge in [0, 0.05) is 5.56 Å². The fraction of sp³-hybridized carbons (Fsp3) is 0.579. The molecule has 1 aromatic rings. The molecule has 0 aromatic heterocycles. The van der Waals surface area contributed by atoms with Gasteiger partial charge in [-0.25, -0.2) is 4.39 Å². The van der Waals surface area contributed by atoms with E-state index in [0.29, 0.717) is 36.2 Å². The van der Waals surface area contributed by atoms with Gasteiger partial charge in [0.25, 0.3) is 0 Å². The third-order valence-corrected chi connectivity index (χ3v) is 4.89. The van der Waals surface area contributed by atoms with Crippen molar-refractivity contribution in [1.29, 1.82) is 0 Å². The normalized spacial score (nSPS) is 19.0. The number of allylic oxidation sites excluding steroid dienone is 1. The summed E-state index contributed by atoms with van der Waals surface area (Å²) in [5, 5.41) is 0. The zero-order chi connectivity index (χ0) is 15.4. The van der Waals surface area contributed by atoms with E-state index in [1.807, 2.05) is 12.1 Å². The first kappa shape index (κ1) is 15.4. The maximum atomic E-state index is 14.3. The summed E-state index contributed by atoms with van der Waals surface area (Å²) < 4.78 is 25.6. The molecule has 0 aliphatic heterocycles. The van der Waals surface area contributed by atoms with Crippen molar-refractivity contribution in [2.45, 2.75) is 45.4 Å². The quantitative estimate of drug-likeness (QED) is 0.656. The van der Waals surface area contributed by atoms with Crippen LogP contribution in [0.3, 0.4) is 0 Å². The molecule has 2 fully saturated rings. The Kier molecular flexibility index (Phi) is 5.01. The van der Waals surface area contributed by atoms with Gasteiger partial charge in [0.15, 0.2) is 11.6 Å². The fourth-order valence-corrected chi connectivity index (χ4v) is 2.80. The van der Waals surface area contributed by atoms with Crippen molar-refractivity contribution >= 4 is 0 Å². The predicted molar refractivity (Wildman–Crippen MR) is 85.9 cm³/mol. The fourth-order valence-electron chi connectivity index (χ4n) is 2.80. The van der Waals surface area contributed by atoms with Crippen molar-refractivity contribution in [2.75, 3.05) is 13.2 Å². The SMILES string of the molecule is Cc1c(OC/C=C/C2CCC2)ccc(OCC2CCC2)c1F. The summed E-state index contributed by atoms with van der Waals surface area (Å²) >= 11 is 0. The molecule has 2 nitrogen and oxygen atoms in total. The van der Waals surface area contributed by atoms with Crippen molar-refractivity contribution in [1.82, 2.24) is 0 Å². The highest BCUT2D eigenvalue weighted by molar-refractivity contribution is 5.41. The van der Waals surface area contributed by atoms with Crippen LogP contribution in [0.15, 0.2) is 24.3 Å². The lowest BCUT2D eigenvalue weighted by molar-refractivity contribution is 0.175. The zero-order valence-electron chi connectivity index (χ0n) is 13.3. The number of hydrogen-bond acceptors (Lipinski definition) is 2. The van der Waals surface area contributed by atoms with Crippen molar-refractivity contribution in [3.63, 3.8) is 0 Å². The van der Waals surface area contributed by atoms with E-state index in [0.717, 1.165) is 5.92 Å². The van der Waals surface area contributed by atoms with Gasteiger partial charge in [0.05, 0.1) is 6.61 Å². The minimum atomic E-state index is -0.292. The molecule has 2 saturated carbocycles. The Hall–Kier alpha value is -1.51. The summed E-state index contributed by atoms with van der Waals surface area (Å²) in [5.74, 6) is 1.99. The van der Waals surface area contributed by atoms with Crippen LogP contribution in [0.2, 0.25) is 0 Å². The Labute approximate surface area is 132 Å². The Balaban J connectivity index is 1.52. The van der Waals surface area contributed by atoms with Crippen molar-refractivity contribution in [3.05, 3.63) is 35.7 Å². The van der Waals surface area contributed by atoms with Gasteiger partial charge in [-0.2, -0.15) is 0 Å².